The smallest absolute Gasteiger partial charge is 0.410 e. The summed E-state index contributed by atoms with van der Waals surface area (Å²) in [7, 11) is 1.25. The van der Waals surface area contributed by atoms with E-state index in [1.165, 1.54) is 55.9 Å². The highest BCUT2D eigenvalue weighted by Gasteiger charge is 2.43. The van der Waals surface area contributed by atoms with Crippen LogP contribution >= 0.6 is 34.8 Å². The molecule has 3 unspecified atom stereocenters. The molecule has 472 valence electrons. The minimum absolute atomic E-state index is 0.0145. The third-order valence-electron chi connectivity index (χ3n) is 14.8. The number of hydrogen-bond donors (Lipinski definition) is 5. The van der Waals surface area contributed by atoms with Crippen LogP contribution in [0.15, 0.2) is 54.6 Å². The molecular weight excluding hydrogens is 1190 g/mol. The van der Waals surface area contributed by atoms with Crippen molar-refractivity contribution in [2.24, 2.45) is 33.4 Å². The highest BCUT2D eigenvalue weighted by Crippen LogP contribution is 2.43. The lowest BCUT2D eigenvalue weighted by Gasteiger charge is -2.41. The fourth-order valence-corrected chi connectivity index (χ4v) is 11.0. The topological polar surface area (TPSA) is 257 Å². The average Bonchev–Trinajstić information content (AvgIpc) is 1.93. The lowest BCUT2D eigenvalue weighted by atomic mass is 9.85. The van der Waals surface area contributed by atoms with Gasteiger partial charge in [-0.3, -0.25) is 28.4 Å². The van der Waals surface area contributed by atoms with Crippen LogP contribution in [-0.4, -0.2) is 99.8 Å². The number of halogens is 6. The standard InChI is InChI=1S/C22H29ClFN5O2.C22H28ClFN4O3.C17H20ClFN4O.CH4/c1-21(2,3)16-11-28(20(31)26-22(4,5)6)10-15-17(19(25)30)18(27-29(15)16)12-7-8-14(24)13(23)9-12;1-21(2,3)16-11-27(20(30)31-22(4,5)6)10-15-17(19(25)29)18(26-28(15)16)12-7-8-14(24)13(23)9-12;1-17(2,3)13-8-21-7-12-14(16(20)24)15(22-23(12)13)9-4-5-11(19)10(18)6-9;/h7-9,16H,10-11H2,1-6H3,(H2,25,30)(H,26,31);7-9,16H,10-11H2,1-6H3,(H2,25,29);4-6,13,21H,7-8H2,1-3H3,(H2,20,24);1H4/i;;;1D. The van der Waals surface area contributed by atoms with E-state index >= 15 is 0 Å². The molecule has 3 aromatic carbocycles. The van der Waals surface area contributed by atoms with Crippen LogP contribution in [0.1, 0.15) is 179 Å². The maximum Gasteiger partial charge on any atom is 0.410 e. The van der Waals surface area contributed by atoms with Gasteiger partial charge in [0.1, 0.15) is 40.1 Å². The van der Waals surface area contributed by atoms with Gasteiger partial charge in [-0.05, 0) is 112 Å². The van der Waals surface area contributed by atoms with Gasteiger partial charge >= 0.3 is 12.1 Å². The second kappa shape index (κ2) is 25.5. The summed E-state index contributed by atoms with van der Waals surface area (Å²) in [4.78, 5) is 66.0. The number of nitrogens with zero attached hydrogens (tertiary/aromatic N) is 8. The molecule has 0 radical (unpaired) electrons. The first-order valence-electron chi connectivity index (χ1n) is 28.9. The zero-order valence-corrected chi connectivity index (χ0v) is 54.5. The van der Waals surface area contributed by atoms with Gasteiger partial charge in [0.25, 0.3) is 17.7 Å². The monoisotopic (exact) mass is 1270 g/mol. The van der Waals surface area contributed by atoms with Crippen LogP contribution < -0.4 is 27.8 Å². The van der Waals surface area contributed by atoms with E-state index in [9.17, 15) is 37.1 Å². The molecule has 19 nitrogen and oxygen atoms in total. The number of nitrogens with two attached hydrogens (primary N) is 3. The van der Waals surface area contributed by atoms with Gasteiger partial charge in [0.2, 0.25) is 0 Å². The van der Waals surface area contributed by atoms with E-state index in [1.807, 2.05) is 67.0 Å². The number of ether oxygens (including phenoxy) is 1. The molecule has 25 heteroatoms. The summed E-state index contributed by atoms with van der Waals surface area (Å²) in [5, 5.41) is 20.2. The molecule has 0 spiro atoms. The predicted octanol–water partition coefficient (Wildman–Crippen LogP) is 12.9. The molecule has 6 amide bonds. The van der Waals surface area contributed by atoms with Crippen molar-refractivity contribution in [1.82, 2.24) is 49.8 Å². The van der Waals surface area contributed by atoms with Crippen LogP contribution in [0, 0.1) is 33.7 Å². The Morgan fingerprint density at radius 2 is 0.897 bits per heavy atom. The number of carbonyl (C=O) groups is 5. The van der Waals surface area contributed by atoms with Gasteiger partial charge in [-0.25, -0.2) is 22.8 Å². The van der Waals surface area contributed by atoms with E-state index < -0.39 is 52.4 Å². The van der Waals surface area contributed by atoms with E-state index in [0.717, 1.165) is 12.2 Å². The third-order valence-corrected chi connectivity index (χ3v) is 15.6. The fourth-order valence-electron chi connectivity index (χ4n) is 10.4. The Hall–Kier alpha value is -7.14. The average molecular weight is 1270 g/mol. The summed E-state index contributed by atoms with van der Waals surface area (Å²) in [6, 6.07) is 12.0. The number of hydrogen-bond acceptors (Lipinski definition) is 10. The van der Waals surface area contributed by atoms with Crippen LogP contribution in [-0.2, 0) is 24.4 Å². The molecule has 3 aromatic heterocycles. The molecule has 6 aromatic rings. The van der Waals surface area contributed by atoms with Crippen molar-refractivity contribution in [3.05, 3.63) is 121 Å². The maximum absolute atomic E-state index is 13.7. The molecule has 6 heterocycles. The van der Waals surface area contributed by atoms with Crippen LogP contribution in [0.25, 0.3) is 33.8 Å². The van der Waals surface area contributed by atoms with Crippen LogP contribution in [0.2, 0.25) is 15.1 Å². The number of urea groups is 1. The van der Waals surface area contributed by atoms with E-state index in [4.69, 9.17) is 63.2 Å². The minimum Gasteiger partial charge on any atom is -0.444 e. The first kappa shape index (κ1) is 67.4. The zero-order valence-electron chi connectivity index (χ0n) is 53.2. The van der Waals surface area contributed by atoms with Crippen molar-refractivity contribution >= 4 is 64.6 Å². The largest absolute Gasteiger partial charge is 0.444 e. The Bertz CT molecular complexity index is 3460. The van der Waals surface area contributed by atoms with Crippen LogP contribution in [0.3, 0.4) is 0 Å². The van der Waals surface area contributed by atoms with Crippen molar-refractivity contribution in [1.29, 1.82) is 0 Å². The predicted molar refractivity (Wildman–Crippen MR) is 333 cm³/mol. The molecule has 87 heavy (non-hydrogen) atoms. The molecule has 8 N–H and O–H groups in total. The lowest BCUT2D eigenvalue weighted by molar-refractivity contribution is 0.00892. The number of amides is 6. The minimum atomic E-state index is -0.685. The Balaban J connectivity index is 0.000000209. The molecule has 3 atom stereocenters. The van der Waals surface area contributed by atoms with Crippen molar-refractivity contribution in [3.63, 3.8) is 0 Å². The normalized spacial score (nSPS) is 16.9. The van der Waals surface area contributed by atoms with Crippen LogP contribution in [0.4, 0.5) is 22.8 Å². The van der Waals surface area contributed by atoms with Gasteiger partial charge in [0, 0.05) is 49.8 Å². The van der Waals surface area contributed by atoms with E-state index in [2.05, 4.69) is 41.6 Å². The quantitative estimate of drug-likeness (QED) is 0.105. The molecule has 0 saturated carbocycles. The number of nitrogens with one attached hydrogen (secondary N) is 2. The Morgan fingerprint density at radius 3 is 1.22 bits per heavy atom. The summed E-state index contributed by atoms with van der Waals surface area (Å²) < 4.78 is 57.6. The van der Waals surface area contributed by atoms with Crippen molar-refractivity contribution in [2.45, 2.75) is 160 Å². The summed E-state index contributed by atoms with van der Waals surface area (Å²) in [6.07, 6.45) is -0.476. The van der Waals surface area contributed by atoms with Crippen molar-refractivity contribution in [3.8, 4) is 33.8 Å². The van der Waals surface area contributed by atoms with E-state index in [-0.39, 0.29) is 79.7 Å². The fraction of sp³-hybridized carbons (Fsp3) is 0.484. The summed E-state index contributed by atoms with van der Waals surface area (Å²) in [5.41, 5.74) is 20.6. The van der Waals surface area contributed by atoms with Crippen molar-refractivity contribution < 1.29 is 43.3 Å². The van der Waals surface area contributed by atoms with Gasteiger partial charge in [-0.2, -0.15) is 15.3 Å². The zero-order chi connectivity index (χ0) is 66.2. The molecule has 0 bridgehead atoms. The number of carbonyl (C=O) groups excluding carboxylic acids is 5. The summed E-state index contributed by atoms with van der Waals surface area (Å²) >= 11 is 17.8. The maximum atomic E-state index is 13.7. The van der Waals surface area contributed by atoms with Crippen LogP contribution in [0.5, 0.6) is 0 Å². The second-order valence-electron chi connectivity index (χ2n) is 27.0. The molecule has 0 saturated heterocycles. The highest BCUT2D eigenvalue weighted by atomic mass is 35.5. The Labute approximate surface area is 523 Å². The van der Waals surface area contributed by atoms with Gasteiger partial charge < -0.3 is 42.4 Å². The van der Waals surface area contributed by atoms with Gasteiger partial charge in [0.05, 0.1) is 80.1 Å². The first-order valence-corrected chi connectivity index (χ1v) is 29.1. The molecule has 3 aliphatic rings. The van der Waals surface area contributed by atoms with E-state index in [1.54, 1.807) is 46.0 Å². The third kappa shape index (κ3) is 15.4. The molecular formula is C62H81Cl3F3N13O6. The number of fused-ring (bicyclic) bond motifs is 3. The van der Waals surface area contributed by atoms with Gasteiger partial charge in [-0.1, -0.05) is 105 Å². The van der Waals surface area contributed by atoms with Gasteiger partial charge in [0.15, 0.2) is 0 Å². The molecule has 9 rings (SSSR count). The highest BCUT2D eigenvalue weighted by molar-refractivity contribution is 6.31. The summed E-state index contributed by atoms with van der Waals surface area (Å²) in [6.45, 7) is 32.0. The first-order chi connectivity index (χ1) is 40.6. The molecule has 0 fully saturated rings. The molecule has 0 aliphatic carbocycles. The second-order valence-corrected chi connectivity index (χ2v) is 28.2. The molecule has 3 aliphatic heterocycles. The lowest BCUT2D eigenvalue weighted by Crippen LogP contribution is -2.53. The number of primary amides is 3. The Morgan fingerprint density at radius 1 is 0.563 bits per heavy atom. The van der Waals surface area contributed by atoms with Crippen molar-refractivity contribution in [2.75, 3.05) is 19.6 Å². The van der Waals surface area contributed by atoms with E-state index in [0.29, 0.717) is 70.4 Å². The van der Waals surface area contributed by atoms with Gasteiger partial charge in [-0.15, -0.1) is 0 Å². The SMILES string of the molecule is CC(C)(C)C1CNCc2c(C(N)=O)c(-c3ccc(F)c(Cl)c3)nn21.CC(C)(C)NC(=O)N1Cc2c(C(N)=O)c(-c3ccc(F)c(Cl)c3)nn2C(C(C)(C)C)C1.CC(C)(C)OC(=O)N1Cc2c(C(N)=O)c(-c3ccc(F)c(Cl)c3)nn2C(C(C)(C)C)C1.[2H]C. The Kier molecular flexibility index (Phi) is 19.8. The number of rotatable bonds is 6. The summed E-state index contributed by atoms with van der Waals surface area (Å²) in [5.74, 6) is -3.55. The number of benzene rings is 3. The number of aromatic nitrogens is 6.